The summed E-state index contributed by atoms with van der Waals surface area (Å²) in [5, 5.41) is 14.4. The van der Waals surface area contributed by atoms with Gasteiger partial charge in [0.05, 0.1) is 11.3 Å². The number of nitrogens with one attached hydrogen (secondary N) is 1. The van der Waals surface area contributed by atoms with Crippen molar-refractivity contribution in [3.05, 3.63) is 46.4 Å². The van der Waals surface area contributed by atoms with E-state index in [2.05, 4.69) is 10.2 Å². The topological polar surface area (TPSA) is 88.0 Å². The van der Waals surface area contributed by atoms with Gasteiger partial charge in [-0.1, -0.05) is 0 Å². The summed E-state index contributed by atoms with van der Waals surface area (Å²) in [7, 11) is 0. The van der Waals surface area contributed by atoms with Crippen LogP contribution >= 0.6 is 0 Å². The summed E-state index contributed by atoms with van der Waals surface area (Å²) in [4.78, 5) is 22.1. The minimum absolute atomic E-state index is 0.0637. The lowest BCUT2D eigenvalue weighted by Gasteiger charge is -2.04. The zero-order chi connectivity index (χ0) is 11.7. The van der Waals surface area contributed by atoms with E-state index in [1.807, 2.05) is 0 Å². The van der Waals surface area contributed by atoms with E-state index in [0.29, 0.717) is 0 Å². The van der Waals surface area contributed by atoms with Crippen LogP contribution in [-0.2, 0) is 0 Å². The van der Waals surface area contributed by atoms with E-state index in [0.717, 1.165) is 29.1 Å². The molecule has 0 radical (unpaired) electrons. The number of benzene rings is 1. The Balaban J connectivity index is 2.72. The molecule has 0 atom stereocenters. The van der Waals surface area contributed by atoms with Crippen LogP contribution in [0.1, 0.15) is 10.4 Å². The van der Waals surface area contributed by atoms with E-state index in [1.165, 1.54) is 0 Å². The summed E-state index contributed by atoms with van der Waals surface area (Å²) in [6, 6.07) is 3.06. The van der Waals surface area contributed by atoms with Crippen molar-refractivity contribution in [2.45, 2.75) is 0 Å². The highest BCUT2D eigenvalue weighted by Gasteiger charge is 2.14. The van der Waals surface area contributed by atoms with Gasteiger partial charge in [0.25, 0.3) is 0 Å². The van der Waals surface area contributed by atoms with E-state index in [-0.39, 0.29) is 11.3 Å². The quantitative estimate of drug-likeness (QED) is 0.771. The molecular weight excluding hydrogens is 217 g/mol. The van der Waals surface area contributed by atoms with Crippen LogP contribution < -0.4 is 5.69 Å². The van der Waals surface area contributed by atoms with Crippen molar-refractivity contribution in [3.63, 3.8) is 0 Å². The third-order valence-electron chi connectivity index (χ3n) is 2.00. The second-order valence-electron chi connectivity index (χ2n) is 3.00. The number of hydrogen-bond acceptors (Lipinski definition) is 3. The van der Waals surface area contributed by atoms with Gasteiger partial charge in [-0.2, -0.15) is 5.10 Å². The Hall–Kier alpha value is -2.44. The highest BCUT2D eigenvalue weighted by atomic mass is 19.1. The lowest BCUT2D eigenvalue weighted by Crippen LogP contribution is -2.17. The van der Waals surface area contributed by atoms with Gasteiger partial charge < -0.3 is 5.11 Å². The number of aromatic carboxylic acids is 1. The van der Waals surface area contributed by atoms with Crippen LogP contribution in [0.5, 0.6) is 0 Å². The molecule has 82 valence electrons. The molecule has 0 aliphatic rings. The molecule has 0 amide bonds. The minimum Gasteiger partial charge on any atom is -0.478 e. The van der Waals surface area contributed by atoms with Gasteiger partial charge in [0.2, 0.25) is 0 Å². The van der Waals surface area contributed by atoms with Gasteiger partial charge in [0, 0.05) is 0 Å². The smallest absolute Gasteiger partial charge is 0.347 e. The molecular formula is C9H6FN3O3. The maximum Gasteiger partial charge on any atom is 0.347 e. The molecule has 0 aliphatic heterocycles. The Morgan fingerprint density at radius 3 is 2.81 bits per heavy atom. The number of carbonyl (C=O) groups is 1. The Morgan fingerprint density at radius 1 is 1.50 bits per heavy atom. The maximum absolute atomic E-state index is 13.0. The molecule has 2 rings (SSSR count). The van der Waals surface area contributed by atoms with Crippen LogP contribution in [0.25, 0.3) is 5.69 Å². The zero-order valence-corrected chi connectivity index (χ0v) is 7.85. The van der Waals surface area contributed by atoms with E-state index in [9.17, 15) is 14.0 Å². The standard InChI is InChI=1S/C9H6FN3O3/c10-5-1-2-6(8(14)15)7(3-5)13-4-11-12-9(13)16/h1-4H,(H,12,16)(H,14,15). The van der Waals surface area contributed by atoms with Gasteiger partial charge in [-0.3, -0.25) is 0 Å². The molecule has 0 spiro atoms. The highest BCUT2D eigenvalue weighted by Crippen LogP contribution is 2.14. The first-order valence-corrected chi connectivity index (χ1v) is 4.25. The van der Waals surface area contributed by atoms with Crippen molar-refractivity contribution >= 4 is 5.97 Å². The highest BCUT2D eigenvalue weighted by molar-refractivity contribution is 5.91. The molecule has 0 saturated carbocycles. The van der Waals surface area contributed by atoms with Crippen LogP contribution in [0.3, 0.4) is 0 Å². The molecule has 0 unspecified atom stereocenters. The molecule has 6 nitrogen and oxygen atoms in total. The summed E-state index contributed by atoms with van der Waals surface area (Å²) in [6.07, 6.45) is 1.09. The number of nitrogens with zero attached hydrogens (tertiary/aromatic N) is 2. The number of carboxylic acid groups (broad SMARTS) is 1. The van der Waals surface area contributed by atoms with Gasteiger partial charge in [0.15, 0.2) is 0 Å². The lowest BCUT2D eigenvalue weighted by atomic mass is 10.1. The van der Waals surface area contributed by atoms with Crippen LogP contribution in [0.15, 0.2) is 29.3 Å². The molecule has 0 bridgehead atoms. The van der Waals surface area contributed by atoms with E-state index < -0.39 is 17.5 Å². The molecule has 1 aromatic heterocycles. The Morgan fingerprint density at radius 2 is 2.25 bits per heavy atom. The number of halogens is 1. The van der Waals surface area contributed by atoms with Crippen molar-refractivity contribution in [3.8, 4) is 5.69 Å². The lowest BCUT2D eigenvalue weighted by molar-refractivity contribution is 0.0697. The third-order valence-corrected chi connectivity index (χ3v) is 2.00. The van der Waals surface area contributed by atoms with Gasteiger partial charge in [0.1, 0.15) is 12.1 Å². The summed E-state index contributed by atoms with van der Waals surface area (Å²) in [5.74, 6) is -1.88. The Bertz CT molecular complexity index is 602. The predicted molar refractivity (Wildman–Crippen MR) is 51.1 cm³/mol. The molecule has 0 fully saturated rings. The van der Waals surface area contributed by atoms with Gasteiger partial charge >= 0.3 is 11.7 Å². The fourth-order valence-corrected chi connectivity index (χ4v) is 1.30. The summed E-state index contributed by atoms with van der Waals surface area (Å²) >= 11 is 0. The number of rotatable bonds is 2. The van der Waals surface area contributed by atoms with Gasteiger partial charge in [-0.15, -0.1) is 0 Å². The van der Waals surface area contributed by atoms with Gasteiger partial charge in [-0.05, 0) is 18.2 Å². The fourth-order valence-electron chi connectivity index (χ4n) is 1.30. The summed E-state index contributed by atoms with van der Waals surface area (Å²) < 4.78 is 13.9. The average Bonchev–Trinajstić information content (AvgIpc) is 2.63. The molecule has 16 heavy (non-hydrogen) atoms. The molecule has 7 heteroatoms. The largest absolute Gasteiger partial charge is 0.478 e. The van der Waals surface area contributed by atoms with Crippen LogP contribution in [0.4, 0.5) is 4.39 Å². The molecule has 0 aliphatic carbocycles. The van der Waals surface area contributed by atoms with E-state index >= 15 is 0 Å². The van der Waals surface area contributed by atoms with Crippen molar-refractivity contribution in [1.82, 2.24) is 14.8 Å². The van der Waals surface area contributed by atoms with Crippen molar-refractivity contribution in [2.75, 3.05) is 0 Å². The van der Waals surface area contributed by atoms with Crippen molar-refractivity contribution in [2.24, 2.45) is 0 Å². The second-order valence-corrected chi connectivity index (χ2v) is 3.00. The first-order valence-electron chi connectivity index (χ1n) is 4.25. The van der Waals surface area contributed by atoms with Crippen LogP contribution in [0.2, 0.25) is 0 Å². The summed E-state index contributed by atoms with van der Waals surface area (Å²) in [5.41, 5.74) is -0.871. The molecule has 1 aromatic carbocycles. The summed E-state index contributed by atoms with van der Waals surface area (Å²) in [6.45, 7) is 0. The first-order chi connectivity index (χ1) is 7.59. The van der Waals surface area contributed by atoms with E-state index in [1.54, 1.807) is 0 Å². The average molecular weight is 223 g/mol. The van der Waals surface area contributed by atoms with Crippen molar-refractivity contribution < 1.29 is 14.3 Å². The number of carboxylic acids is 1. The van der Waals surface area contributed by atoms with Gasteiger partial charge in [-0.25, -0.2) is 23.6 Å². The fraction of sp³-hybridized carbons (Fsp3) is 0. The Labute approximate surface area is 88.0 Å². The minimum atomic E-state index is -1.25. The number of aromatic nitrogens is 3. The first kappa shape index (κ1) is 10.1. The molecule has 2 N–H and O–H groups in total. The molecule has 0 saturated heterocycles. The predicted octanol–water partition coefficient (Wildman–Crippen LogP) is 0.398. The number of H-pyrrole nitrogens is 1. The number of hydrogen-bond donors (Lipinski definition) is 2. The number of aromatic amines is 1. The Kier molecular flexibility index (Phi) is 2.28. The monoisotopic (exact) mass is 223 g/mol. The van der Waals surface area contributed by atoms with Crippen LogP contribution in [-0.4, -0.2) is 25.8 Å². The zero-order valence-electron chi connectivity index (χ0n) is 7.85. The molecule has 2 aromatic rings. The maximum atomic E-state index is 13.0. The SMILES string of the molecule is O=C(O)c1ccc(F)cc1-n1cn[nH]c1=O. The van der Waals surface area contributed by atoms with Crippen LogP contribution in [0, 0.1) is 5.82 Å². The van der Waals surface area contributed by atoms with E-state index in [4.69, 9.17) is 5.11 Å². The normalized spacial score (nSPS) is 10.3. The second kappa shape index (κ2) is 3.61. The molecule has 1 heterocycles. The van der Waals surface area contributed by atoms with Crippen molar-refractivity contribution in [1.29, 1.82) is 0 Å². The third kappa shape index (κ3) is 1.58.